The van der Waals surface area contributed by atoms with Crippen LogP contribution in [-0.2, 0) is 19.9 Å². The molecule has 0 spiro atoms. The number of hydrogen-bond acceptors (Lipinski definition) is 6. The summed E-state index contributed by atoms with van der Waals surface area (Å²) in [5.41, 5.74) is 1.28. The second kappa shape index (κ2) is 9.36. The third-order valence-electron chi connectivity index (χ3n) is 5.89. The van der Waals surface area contributed by atoms with Crippen molar-refractivity contribution in [3.63, 3.8) is 0 Å². The number of anilines is 1. The van der Waals surface area contributed by atoms with E-state index in [-0.39, 0.29) is 20.6 Å². The average molecular weight is 503 g/mol. The van der Waals surface area contributed by atoms with E-state index in [0.29, 0.717) is 24.7 Å². The highest BCUT2D eigenvalue weighted by Crippen LogP contribution is 2.26. The molecule has 0 radical (unpaired) electrons. The number of aryl methyl sites for hydroxylation is 1. The van der Waals surface area contributed by atoms with Gasteiger partial charge < -0.3 is 9.73 Å². The van der Waals surface area contributed by atoms with Crippen LogP contribution in [0, 0.1) is 12.8 Å². The predicted octanol–water partition coefficient (Wildman–Crippen LogP) is 4.09. The molecule has 1 aromatic heterocycles. The number of nitrogens with zero attached hydrogens (tertiary/aromatic N) is 1. The molecular weight excluding hydrogens is 476 g/mol. The summed E-state index contributed by atoms with van der Waals surface area (Å²) in [6.07, 6.45) is 1.66. The molecule has 4 rings (SSSR count). The maximum absolute atomic E-state index is 12.8. The van der Waals surface area contributed by atoms with E-state index in [9.17, 15) is 21.6 Å². The second-order valence-electron chi connectivity index (χ2n) is 8.50. The maximum Gasteiger partial charge on any atom is 0.291 e. The molecule has 0 aliphatic carbocycles. The minimum atomic E-state index is -3.90. The number of sulfone groups is 1. The number of furan rings is 1. The van der Waals surface area contributed by atoms with Gasteiger partial charge in [-0.25, -0.2) is 16.8 Å². The lowest BCUT2D eigenvalue weighted by Gasteiger charge is -2.29. The van der Waals surface area contributed by atoms with Crippen LogP contribution >= 0.6 is 0 Å². The highest BCUT2D eigenvalue weighted by atomic mass is 32.2. The first-order chi connectivity index (χ1) is 16.1. The van der Waals surface area contributed by atoms with E-state index < -0.39 is 25.8 Å². The van der Waals surface area contributed by atoms with E-state index in [4.69, 9.17) is 4.42 Å². The molecule has 2 aromatic carbocycles. The van der Waals surface area contributed by atoms with Gasteiger partial charge in [0.2, 0.25) is 25.0 Å². The zero-order valence-corrected chi connectivity index (χ0v) is 20.5. The van der Waals surface area contributed by atoms with Crippen molar-refractivity contribution in [3.8, 4) is 0 Å². The van der Waals surface area contributed by atoms with Crippen LogP contribution in [0.1, 0.15) is 35.9 Å². The Balaban J connectivity index is 1.45. The normalized spacial score (nSPS) is 15.8. The zero-order chi connectivity index (χ0) is 24.5. The summed E-state index contributed by atoms with van der Waals surface area (Å²) in [6, 6.07) is 14.7. The van der Waals surface area contributed by atoms with Crippen LogP contribution < -0.4 is 5.32 Å². The van der Waals surface area contributed by atoms with Crippen LogP contribution in [-0.4, -0.2) is 40.1 Å². The van der Waals surface area contributed by atoms with Crippen molar-refractivity contribution in [2.24, 2.45) is 5.92 Å². The topological polar surface area (TPSA) is 114 Å². The van der Waals surface area contributed by atoms with E-state index in [1.54, 1.807) is 12.1 Å². The molecule has 1 aliphatic rings. The third kappa shape index (κ3) is 4.94. The van der Waals surface area contributed by atoms with Crippen LogP contribution in [0.25, 0.3) is 0 Å². The van der Waals surface area contributed by atoms with Crippen molar-refractivity contribution in [3.05, 3.63) is 72.0 Å². The number of rotatable bonds is 6. The van der Waals surface area contributed by atoms with Crippen molar-refractivity contribution in [1.82, 2.24) is 4.31 Å². The monoisotopic (exact) mass is 502 g/mol. The fraction of sp³-hybridized carbons (Fsp3) is 0.292. The van der Waals surface area contributed by atoms with Crippen LogP contribution in [0.15, 0.2) is 80.0 Å². The molecule has 1 aliphatic heterocycles. The lowest BCUT2D eigenvalue weighted by atomic mass is 10.0. The van der Waals surface area contributed by atoms with E-state index in [1.165, 1.54) is 52.8 Å². The van der Waals surface area contributed by atoms with Gasteiger partial charge in [0.1, 0.15) is 0 Å². The number of amides is 1. The van der Waals surface area contributed by atoms with Gasteiger partial charge in [0.05, 0.1) is 9.79 Å². The molecule has 34 heavy (non-hydrogen) atoms. The smallest absolute Gasteiger partial charge is 0.291 e. The first kappa shape index (κ1) is 24.2. The van der Waals surface area contributed by atoms with Crippen LogP contribution in [0.3, 0.4) is 0 Å². The molecule has 2 heterocycles. The van der Waals surface area contributed by atoms with E-state index in [1.807, 2.05) is 6.92 Å². The Kier molecular flexibility index (Phi) is 6.66. The molecule has 180 valence electrons. The summed E-state index contributed by atoms with van der Waals surface area (Å²) in [5, 5.41) is 2.26. The van der Waals surface area contributed by atoms with Gasteiger partial charge >= 0.3 is 0 Å². The summed E-state index contributed by atoms with van der Waals surface area (Å²) in [4.78, 5) is 12.8. The highest BCUT2D eigenvalue weighted by molar-refractivity contribution is 7.91. The molecule has 10 heteroatoms. The van der Waals surface area contributed by atoms with Crippen molar-refractivity contribution in [2.75, 3.05) is 18.4 Å². The first-order valence-corrected chi connectivity index (χ1v) is 13.8. The molecule has 0 bridgehead atoms. The van der Waals surface area contributed by atoms with Gasteiger partial charge in [-0.1, -0.05) is 24.6 Å². The Bertz CT molecular complexity index is 1380. The molecule has 0 saturated carbocycles. The minimum Gasteiger partial charge on any atom is -0.439 e. The standard InChI is InChI=1S/C24H26N2O6S2/c1-17-3-7-20(8-4-17)33(28,29)23-12-11-22(32-23)24(27)25-19-5-9-21(10-6-19)34(30,31)26-15-13-18(2)14-16-26/h3-12,18H,13-16H2,1-2H3,(H,25,27). The second-order valence-corrected chi connectivity index (χ2v) is 12.3. The van der Waals surface area contributed by atoms with Crippen LogP contribution in [0.2, 0.25) is 0 Å². The Labute approximate surface area is 199 Å². The fourth-order valence-corrected chi connectivity index (χ4v) is 6.34. The highest BCUT2D eigenvalue weighted by Gasteiger charge is 2.28. The Morgan fingerprint density at radius 1 is 0.882 bits per heavy atom. The summed E-state index contributed by atoms with van der Waals surface area (Å²) in [5.74, 6) is -0.311. The molecule has 0 unspecified atom stereocenters. The molecule has 3 aromatic rings. The SMILES string of the molecule is Cc1ccc(S(=O)(=O)c2ccc(C(=O)Nc3ccc(S(=O)(=O)N4CCC(C)CC4)cc3)o2)cc1. The fourth-order valence-electron chi connectivity index (χ4n) is 3.70. The number of sulfonamides is 1. The van der Waals surface area contributed by atoms with Crippen molar-refractivity contribution < 1.29 is 26.0 Å². The summed E-state index contributed by atoms with van der Waals surface area (Å²) in [6.45, 7) is 4.95. The summed E-state index contributed by atoms with van der Waals surface area (Å²) >= 11 is 0. The Morgan fingerprint density at radius 3 is 2.09 bits per heavy atom. The van der Waals surface area contributed by atoms with E-state index in [0.717, 1.165) is 18.4 Å². The predicted molar refractivity (Wildman–Crippen MR) is 127 cm³/mol. The molecular formula is C24H26N2O6S2. The first-order valence-electron chi connectivity index (χ1n) is 10.9. The van der Waals surface area contributed by atoms with Gasteiger partial charge in [-0.2, -0.15) is 4.31 Å². The Morgan fingerprint density at radius 2 is 1.47 bits per heavy atom. The van der Waals surface area contributed by atoms with E-state index >= 15 is 0 Å². The van der Waals surface area contributed by atoms with Gasteiger partial charge in [-0.15, -0.1) is 0 Å². The summed E-state index contributed by atoms with van der Waals surface area (Å²) < 4.78 is 58.0. The van der Waals surface area contributed by atoms with Gasteiger partial charge in [0, 0.05) is 18.8 Å². The number of piperidine rings is 1. The Hall–Kier alpha value is -2.95. The lowest BCUT2D eigenvalue weighted by molar-refractivity contribution is 0.0991. The number of carbonyl (C=O) groups excluding carboxylic acids is 1. The van der Waals surface area contributed by atoms with Crippen LogP contribution in [0.5, 0.6) is 0 Å². The molecule has 0 atom stereocenters. The maximum atomic E-state index is 12.8. The zero-order valence-electron chi connectivity index (χ0n) is 18.9. The van der Waals surface area contributed by atoms with Gasteiger partial charge in [-0.05, 0) is 74.2 Å². The van der Waals surface area contributed by atoms with Crippen molar-refractivity contribution >= 4 is 31.5 Å². The molecule has 1 N–H and O–H groups in total. The van der Waals surface area contributed by atoms with Gasteiger partial charge in [-0.3, -0.25) is 4.79 Å². The number of hydrogen-bond donors (Lipinski definition) is 1. The minimum absolute atomic E-state index is 0.0689. The third-order valence-corrected chi connectivity index (χ3v) is 9.45. The molecule has 1 amide bonds. The van der Waals surface area contributed by atoms with Crippen molar-refractivity contribution in [1.29, 1.82) is 0 Å². The van der Waals surface area contributed by atoms with Crippen LogP contribution in [0.4, 0.5) is 5.69 Å². The van der Waals surface area contributed by atoms with Gasteiger partial charge in [0.25, 0.3) is 5.91 Å². The molecule has 1 saturated heterocycles. The number of carbonyl (C=O) groups is 1. The largest absolute Gasteiger partial charge is 0.439 e. The number of nitrogens with one attached hydrogen (secondary N) is 1. The van der Waals surface area contributed by atoms with Crippen molar-refractivity contribution in [2.45, 2.75) is 41.6 Å². The lowest BCUT2D eigenvalue weighted by Crippen LogP contribution is -2.37. The quantitative estimate of drug-likeness (QED) is 0.543. The average Bonchev–Trinajstić information content (AvgIpc) is 3.32. The summed E-state index contributed by atoms with van der Waals surface area (Å²) in [7, 11) is -7.49. The van der Waals surface area contributed by atoms with E-state index in [2.05, 4.69) is 12.2 Å². The molecule has 1 fully saturated rings. The molecule has 8 nitrogen and oxygen atoms in total. The number of benzene rings is 2. The van der Waals surface area contributed by atoms with Gasteiger partial charge in [0.15, 0.2) is 5.76 Å².